The Hall–Kier alpha value is -3.43. The molecule has 3 aromatic rings. The molecule has 8 heteroatoms. The maximum absolute atomic E-state index is 12.6. The van der Waals surface area contributed by atoms with Gasteiger partial charge >= 0.3 is 0 Å². The van der Waals surface area contributed by atoms with E-state index >= 15 is 0 Å². The van der Waals surface area contributed by atoms with Gasteiger partial charge in [0.25, 0.3) is 0 Å². The number of hydrogen-bond acceptors (Lipinski definition) is 5. The zero-order valence-corrected chi connectivity index (χ0v) is 17.6. The van der Waals surface area contributed by atoms with Crippen LogP contribution in [-0.4, -0.2) is 32.2 Å². The number of hydrogen-bond donors (Lipinski definition) is 1. The molecule has 6 nitrogen and oxygen atoms in total. The van der Waals surface area contributed by atoms with Crippen LogP contribution in [0, 0.1) is 23.2 Å². The lowest BCUT2D eigenvalue weighted by atomic mass is 10.2. The molecule has 30 heavy (non-hydrogen) atoms. The molecule has 1 aromatic heterocycles. The molecule has 0 aliphatic rings. The Morgan fingerprint density at radius 1 is 1.07 bits per heavy atom. The molecule has 0 unspecified atom stereocenters. The van der Waals surface area contributed by atoms with Gasteiger partial charge in [-0.3, -0.25) is 4.79 Å². The third kappa shape index (κ3) is 5.34. The molecule has 0 bridgehead atoms. The molecule has 3 rings (SSSR count). The highest BCUT2D eigenvalue weighted by molar-refractivity contribution is 7.89. The number of nitriles is 1. The van der Waals surface area contributed by atoms with Crippen molar-refractivity contribution < 1.29 is 13.2 Å². The van der Waals surface area contributed by atoms with Crippen molar-refractivity contribution >= 4 is 33.0 Å². The number of anilines is 1. The van der Waals surface area contributed by atoms with Crippen LogP contribution < -0.4 is 5.32 Å². The molecule has 2 aromatic carbocycles. The zero-order chi connectivity index (χ0) is 21.6. The number of nitrogens with zero attached hydrogens (tertiary/aromatic N) is 2. The predicted octanol–water partition coefficient (Wildman–Crippen LogP) is 3.28. The van der Waals surface area contributed by atoms with Crippen molar-refractivity contribution in [2.75, 3.05) is 18.9 Å². The predicted molar refractivity (Wildman–Crippen MR) is 116 cm³/mol. The second-order valence-electron chi connectivity index (χ2n) is 6.25. The van der Waals surface area contributed by atoms with Crippen molar-refractivity contribution in [2.45, 2.75) is 4.90 Å². The first-order chi connectivity index (χ1) is 14.4. The quantitative estimate of drug-likeness (QED) is 0.623. The van der Waals surface area contributed by atoms with Gasteiger partial charge in [0.2, 0.25) is 15.9 Å². The van der Waals surface area contributed by atoms with E-state index in [1.807, 2.05) is 29.6 Å². The Labute approximate surface area is 179 Å². The van der Waals surface area contributed by atoms with Crippen molar-refractivity contribution in [2.24, 2.45) is 0 Å². The van der Waals surface area contributed by atoms with Gasteiger partial charge in [-0.2, -0.15) is 9.57 Å². The fourth-order valence-electron chi connectivity index (χ4n) is 2.53. The number of carbonyl (C=O) groups excluding carboxylic acids is 1. The van der Waals surface area contributed by atoms with Crippen molar-refractivity contribution in [3.63, 3.8) is 0 Å². The highest BCUT2D eigenvalue weighted by Crippen LogP contribution is 2.16. The van der Waals surface area contributed by atoms with Crippen LogP contribution in [-0.2, 0) is 14.8 Å². The van der Waals surface area contributed by atoms with Crippen LogP contribution in [0.25, 0.3) is 0 Å². The normalized spacial score (nSPS) is 10.7. The first kappa shape index (κ1) is 21.3. The number of carbonyl (C=O) groups is 1. The van der Waals surface area contributed by atoms with E-state index in [0.29, 0.717) is 11.3 Å². The lowest BCUT2D eigenvalue weighted by molar-refractivity contribution is -0.116. The number of benzene rings is 2. The largest absolute Gasteiger partial charge is 0.325 e. The molecule has 0 atom stereocenters. The summed E-state index contributed by atoms with van der Waals surface area (Å²) >= 11 is 1.54. The van der Waals surface area contributed by atoms with Crippen LogP contribution in [0.5, 0.6) is 0 Å². The van der Waals surface area contributed by atoms with E-state index in [2.05, 4.69) is 17.2 Å². The number of likely N-dealkylation sites (N-methyl/N-ethyl adjacent to an activating group) is 1. The summed E-state index contributed by atoms with van der Waals surface area (Å²) in [4.78, 5) is 13.3. The smallest absolute Gasteiger partial charge is 0.243 e. The van der Waals surface area contributed by atoms with Gasteiger partial charge in [-0.25, -0.2) is 8.42 Å². The van der Waals surface area contributed by atoms with Crippen molar-refractivity contribution in [3.8, 4) is 17.9 Å². The van der Waals surface area contributed by atoms with Crippen LogP contribution >= 0.6 is 11.3 Å². The first-order valence-corrected chi connectivity index (χ1v) is 11.1. The highest BCUT2D eigenvalue weighted by Gasteiger charge is 2.23. The van der Waals surface area contributed by atoms with E-state index in [0.717, 1.165) is 14.7 Å². The van der Waals surface area contributed by atoms with Crippen LogP contribution in [0.1, 0.15) is 16.0 Å². The fraction of sp³-hybridized carbons (Fsp3) is 0.0909. The SMILES string of the molecule is CN(CC(=O)Nc1cccc(C#Cc2cccs2)c1)S(=O)(=O)c1ccc(C#N)cc1. The van der Waals surface area contributed by atoms with Gasteiger partial charge < -0.3 is 5.32 Å². The Balaban J connectivity index is 1.66. The molecule has 150 valence electrons. The van der Waals surface area contributed by atoms with Crippen LogP contribution in [0.15, 0.2) is 70.9 Å². The Kier molecular flexibility index (Phi) is 6.65. The van der Waals surface area contributed by atoms with E-state index < -0.39 is 15.9 Å². The first-order valence-electron chi connectivity index (χ1n) is 8.80. The van der Waals surface area contributed by atoms with E-state index in [1.165, 1.54) is 31.3 Å². The average Bonchev–Trinajstić information content (AvgIpc) is 3.26. The van der Waals surface area contributed by atoms with Gasteiger partial charge in [0.15, 0.2) is 0 Å². The molecule has 1 N–H and O–H groups in total. The Bertz CT molecular complexity index is 1250. The van der Waals surface area contributed by atoms with E-state index in [-0.39, 0.29) is 11.4 Å². The summed E-state index contributed by atoms with van der Waals surface area (Å²) in [6, 6.07) is 18.4. The highest BCUT2D eigenvalue weighted by atomic mass is 32.2. The van der Waals surface area contributed by atoms with Crippen molar-refractivity contribution in [3.05, 3.63) is 82.0 Å². The van der Waals surface area contributed by atoms with Crippen LogP contribution in [0.3, 0.4) is 0 Å². The lowest BCUT2D eigenvalue weighted by Crippen LogP contribution is -2.34. The molecule has 0 saturated carbocycles. The summed E-state index contributed by atoms with van der Waals surface area (Å²) in [5, 5.41) is 13.5. The van der Waals surface area contributed by atoms with Gasteiger partial charge in [0.05, 0.1) is 28.0 Å². The number of rotatable bonds is 5. The van der Waals surface area contributed by atoms with E-state index in [9.17, 15) is 13.2 Å². The number of amides is 1. The molecular formula is C22H17N3O3S2. The monoisotopic (exact) mass is 435 g/mol. The van der Waals surface area contributed by atoms with Crippen molar-refractivity contribution in [1.29, 1.82) is 5.26 Å². The number of sulfonamides is 1. The molecule has 1 heterocycles. The summed E-state index contributed by atoms with van der Waals surface area (Å²) in [7, 11) is -2.52. The van der Waals surface area contributed by atoms with E-state index in [4.69, 9.17) is 5.26 Å². The average molecular weight is 436 g/mol. The summed E-state index contributed by atoms with van der Waals surface area (Å²) in [5.41, 5.74) is 1.62. The third-order valence-corrected chi connectivity index (χ3v) is 6.66. The van der Waals surface area contributed by atoms with Crippen LogP contribution in [0.4, 0.5) is 5.69 Å². The van der Waals surface area contributed by atoms with Crippen molar-refractivity contribution in [1.82, 2.24) is 4.31 Å². The maximum Gasteiger partial charge on any atom is 0.243 e. The molecule has 0 aliphatic carbocycles. The van der Waals surface area contributed by atoms with Gasteiger partial charge in [-0.1, -0.05) is 24.0 Å². The standard InChI is InChI=1S/C22H17N3O3S2/c1-25(30(27,28)21-11-8-18(15-23)9-12-21)16-22(26)24-19-5-2-4-17(14-19)7-10-20-6-3-13-29-20/h2-6,8-9,11-14H,16H2,1H3,(H,24,26). The number of thiophene rings is 1. The molecule has 0 radical (unpaired) electrons. The van der Waals surface area contributed by atoms with Gasteiger partial charge in [-0.15, -0.1) is 11.3 Å². The minimum atomic E-state index is -3.85. The Morgan fingerprint density at radius 3 is 2.50 bits per heavy atom. The molecule has 1 amide bonds. The third-order valence-electron chi connectivity index (χ3n) is 4.06. The molecule has 0 spiro atoms. The van der Waals surface area contributed by atoms with Gasteiger partial charge in [0.1, 0.15) is 0 Å². The minimum absolute atomic E-state index is 0.0163. The summed E-state index contributed by atoms with van der Waals surface area (Å²) in [6.45, 7) is -0.354. The second kappa shape index (κ2) is 9.38. The fourth-order valence-corrected chi connectivity index (χ4v) is 4.23. The summed E-state index contributed by atoms with van der Waals surface area (Å²) in [6.07, 6.45) is 0. The lowest BCUT2D eigenvalue weighted by Gasteiger charge is -2.17. The summed E-state index contributed by atoms with van der Waals surface area (Å²) < 4.78 is 26.2. The topological polar surface area (TPSA) is 90.3 Å². The molecule has 0 fully saturated rings. The second-order valence-corrected chi connectivity index (χ2v) is 9.25. The molecular weight excluding hydrogens is 418 g/mol. The van der Waals surface area contributed by atoms with Crippen LogP contribution in [0.2, 0.25) is 0 Å². The van der Waals surface area contributed by atoms with Gasteiger partial charge in [-0.05, 0) is 53.9 Å². The minimum Gasteiger partial charge on any atom is -0.325 e. The van der Waals surface area contributed by atoms with Gasteiger partial charge in [0, 0.05) is 18.3 Å². The number of nitrogens with one attached hydrogen (secondary N) is 1. The molecule has 0 saturated heterocycles. The molecule has 0 aliphatic heterocycles. The zero-order valence-electron chi connectivity index (χ0n) is 16.0. The summed E-state index contributed by atoms with van der Waals surface area (Å²) in [5.74, 6) is 5.61. The Morgan fingerprint density at radius 2 is 1.83 bits per heavy atom. The van der Waals surface area contributed by atoms with E-state index in [1.54, 1.807) is 29.5 Å². The maximum atomic E-state index is 12.6.